The van der Waals surface area contributed by atoms with Crippen LogP contribution < -0.4 is 10.1 Å². The van der Waals surface area contributed by atoms with Crippen molar-refractivity contribution >= 4 is 38.0 Å². The first-order chi connectivity index (χ1) is 25.0. The summed E-state index contributed by atoms with van der Waals surface area (Å²) in [7, 11) is 1.91. The van der Waals surface area contributed by atoms with E-state index in [2.05, 4.69) is 121 Å². The maximum absolute atomic E-state index is 7.56. The average Bonchev–Trinajstić information content (AvgIpc) is 3.19. The summed E-state index contributed by atoms with van der Waals surface area (Å²) in [6.45, 7) is 10.1. The van der Waals surface area contributed by atoms with E-state index in [-0.39, 0.29) is 0 Å². The molecule has 51 heavy (non-hydrogen) atoms. The number of benzene rings is 7. The quantitative estimate of drug-likeness (QED) is 0.142. The minimum atomic E-state index is 0.707. The van der Waals surface area contributed by atoms with Crippen molar-refractivity contribution < 1.29 is 4.74 Å². The van der Waals surface area contributed by atoms with Crippen molar-refractivity contribution in [3.8, 4) is 11.5 Å². The third-order valence-corrected chi connectivity index (χ3v) is 8.73. The number of allylic oxidation sites excluding steroid dienone is 2. The van der Waals surface area contributed by atoms with Crippen LogP contribution in [0.5, 0.6) is 11.5 Å². The lowest BCUT2D eigenvalue weighted by atomic mass is 10.00. The molecule has 0 atom stereocenters. The van der Waals surface area contributed by atoms with Crippen LogP contribution in [0.2, 0.25) is 0 Å². The van der Waals surface area contributed by atoms with E-state index < -0.39 is 0 Å². The molecule has 7 rings (SSSR count). The Bertz CT molecular complexity index is 2270. The van der Waals surface area contributed by atoms with Gasteiger partial charge in [0.15, 0.2) is 0 Å². The summed E-state index contributed by atoms with van der Waals surface area (Å²) in [4.78, 5) is 0. The van der Waals surface area contributed by atoms with Crippen LogP contribution in [0.3, 0.4) is 0 Å². The molecule has 0 spiro atoms. The molecule has 0 aliphatic rings. The van der Waals surface area contributed by atoms with Crippen LogP contribution in [-0.4, -0.2) is 7.05 Å². The lowest BCUT2D eigenvalue weighted by molar-refractivity contribution is 0.481. The minimum absolute atomic E-state index is 0.707. The molecule has 0 saturated heterocycles. The molecule has 256 valence electrons. The highest BCUT2D eigenvalue weighted by molar-refractivity contribution is 5.90. The van der Waals surface area contributed by atoms with Gasteiger partial charge in [-0.05, 0) is 82.4 Å². The number of fused-ring (bicyclic) bond motifs is 3. The number of para-hydroxylation sites is 1. The highest BCUT2D eigenvalue weighted by Gasteiger charge is 2.11. The van der Waals surface area contributed by atoms with Crippen LogP contribution >= 0.6 is 0 Å². The predicted molar refractivity (Wildman–Crippen MR) is 218 cm³/mol. The van der Waals surface area contributed by atoms with Gasteiger partial charge in [0.1, 0.15) is 11.5 Å². The fraction of sp³-hybridized carbons (Fsp3) is 0.149. The van der Waals surface area contributed by atoms with Crippen LogP contribution in [0.15, 0.2) is 169 Å². The zero-order chi connectivity index (χ0) is 36.0. The zero-order valence-corrected chi connectivity index (χ0v) is 30.1. The van der Waals surface area contributed by atoms with Gasteiger partial charge in [-0.2, -0.15) is 5.11 Å². The first-order valence-corrected chi connectivity index (χ1v) is 17.7. The summed E-state index contributed by atoms with van der Waals surface area (Å²) in [6.07, 6.45) is 4.57. The van der Waals surface area contributed by atoms with E-state index in [0.29, 0.717) is 5.70 Å². The maximum atomic E-state index is 7.56. The summed E-state index contributed by atoms with van der Waals surface area (Å²) in [5.74, 6) is 1.81. The summed E-state index contributed by atoms with van der Waals surface area (Å²) in [6, 6.07) is 50.1. The summed E-state index contributed by atoms with van der Waals surface area (Å²) >= 11 is 0. The van der Waals surface area contributed by atoms with Crippen LogP contribution in [0.4, 0.5) is 0 Å². The van der Waals surface area contributed by atoms with Gasteiger partial charge >= 0.3 is 0 Å². The number of ether oxygens (including phenoxy) is 1. The molecule has 0 saturated carbocycles. The van der Waals surface area contributed by atoms with Gasteiger partial charge < -0.3 is 10.1 Å². The average molecular weight is 670 g/mol. The Hall–Kier alpha value is -6.00. The Morgan fingerprint density at radius 2 is 1.33 bits per heavy atom. The summed E-state index contributed by atoms with van der Waals surface area (Å²) in [5.41, 5.74) is 14.0. The van der Waals surface area contributed by atoms with Crippen LogP contribution in [0.25, 0.3) is 38.0 Å². The molecule has 0 heterocycles. The third-order valence-electron chi connectivity index (χ3n) is 8.73. The molecular formula is C47H47N3O. The molecule has 0 radical (unpaired) electrons. The molecule has 0 aromatic heterocycles. The molecule has 0 bridgehead atoms. The van der Waals surface area contributed by atoms with Crippen molar-refractivity contribution in [2.24, 2.45) is 5.11 Å². The highest BCUT2D eigenvalue weighted by atomic mass is 16.5. The number of nitrogens with zero attached hydrogens (tertiary/aromatic N) is 1. The summed E-state index contributed by atoms with van der Waals surface area (Å²) in [5, 5.41) is 14.1. The first kappa shape index (κ1) is 36.3. The van der Waals surface area contributed by atoms with Gasteiger partial charge in [0.2, 0.25) is 0 Å². The van der Waals surface area contributed by atoms with Gasteiger partial charge in [-0.3, -0.25) is 0 Å². The second-order valence-corrected chi connectivity index (χ2v) is 12.2. The molecule has 2 N–H and O–H groups in total. The maximum Gasteiger partial charge on any atom is 0.138 e. The standard InChI is InChI=1S/C23H18N2.C22H23NO.C2H6/c24-25-23(22-13-12-19-6-2-4-8-21(19)16-22)14-10-17-9-11-18-5-1-3-7-20(18)15-17;1-16-9-14-21-19(15-16)13-12-18(11-10-17(2)23-3)22(21)24-20-7-5-4-6-8-20;1-2/h1-9,11-16,24H,10H2;4-9,12-15,23H,2,10-11H2,1,3H3;1-2H3/b23-14-,25-24?;;. The van der Waals surface area contributed by atoms with Gasteiger partial charge in [-0.1, -0.05) is 159 Å². The molecule has 0 unspecified atom stereocenters. The topological polar surface area (TPSA) is 57.5 Å². The Morgan fingerprint density at radius 1 is 0.706 bits per heavy atom. The molecule has 0 fully saturated rings. The fourth-order valence-electron chi connectivity index (χ4n) is 5.96. The third kappa shape index (κ3) is 9.58. The van der Waals surface area contributed by atoms with Crippen LogP contribution in [-0.2, 0) is 12.8 Å². The number of nitrogens with one attached hydrogen (secondary N) is 2. The van der Waals surface area contributed by atoms with Gasteiger partial charge in [0, 0.05) is 23.7 Å². The van der Waals surface area contributed by atoms with Gasteiger partial charge in [-0.25, -0.2) is 5.53 Å². The number of aryl methyl sites for hydroxylation is 2. The number of rotatable bonds is 10. The first-order valence-electron chi connectivity index (χ1n) is 17.7. The Morgan fingerprint density at radius 3 is 2.02 bits per heavy atom. The molecule has 0 amide bonds. The zero-order valence-electron chi connectivity index (χ0n) is 30.1. The predicted octanol–water partition coefficient (Wildman–Crippen LogP) is 13.2. The van der Waals surface area contributed by atoms with E-state index in [0.717, 1.165) is 47.4 Å². The monoisotopic (exact) mass is 669 g/mol. The Labute approximate surface area is 302 Å². The normalized spacial score (nSPS) is 10.9. The molecule has 4 heteroatoms. The largest absolute Gasteiger partial charge is 0.456 e. The van der Waals surface area contributed by atoms with Crippen molar-refractivity contribution in [3.63, 3.8) is 0 Å². The lowest BCUT2D eigenvalue weighted by Crippen LogP contribution is -2.05. The molecule has 7 aromatic rings. The van der Waals surface area contributed by atoms with E-state index in [9.17, 15) is 0 Å². The molecule has 0 aliphatic heterocycles. The van der Waals surface area contributed by atoms with Gasteiger partial charge in [0.25, 0.3) is 0 Å². The van der Waals surface area contributed by atoms with Crippen molar-refractivity contribution in [1.82, 2.24) is 5.32 Å². The lowest BCUT2D eigenvalue weighted by Gasteiger charge is -2.15. The second kappa shape index (κ2) is 18.1. The van der Waals surface area contributed by atoms with Crippen molar-refractivity contribution in [2.75, 3.05) is 7.05 Å². The minimum Gasteiger partial charge on any atom is -0.456 e. The van der Waals surface area contributed by atoms with Gasteiger partial charge in [-0.15, -0.1) is 0 Å². The molecular weight excluding hydrogens is 623 g/mol. The Kier molecular flexibility index (Phi) is 12.9. The molecule has 0 aliphatic carbocycles. The number of hydrogen-bond acceptors (Lipinski definition) is 4. The fourth-order valence-corrected chi connectivity index (χ4v) is 5.96. The van der Waals surface area contributed by atoms with Crippen LogP contribution in [0.1, 0.15) is 42.5 Å². The van der Waals surface area contributed by atoms with Crippen LogP contribution in [0, 0.1) is 12.5 Å². The molecule has 7 aromatic carbocycles. The highest BCUT2D eigenvalue weighted by Crippen LogP contribution is 2.35. The van der Waals surface area contributed by atoms with E-state index in [1.807, 2.05) is 75.5 Å². The van der Waals surface area contributed by atoms with Crippen molar-refractivity contribution in [3.05, 3.63) is 186 Å². The smallest absolute Gasteiger partial charge is 0.138 e. The van der Waals surface area contributed by atoms with E-state index in [1.54, 1.807) is 0 Å². The van der Waals surface area contributed by atoms with Crippen molar-refractivity contribution in [1.29, 1.82) is 5.53 Å². The molecule has 4 nitrogen and oxygen atoms in total. The number of hydrogen-bond donors (Lipinski definition) is 2. The van der Waals surface area contributed by atoms with E-state index >= 15 is 0 Å². The van der Waals surface area contributed by atoms with E-state index in [1.165, 1.54) is 43.6 Å². The SMILES string of the molecule is C=C(CCc1ccc2cc(C)ccc2c1Oc1ccccc1)NC.CC.N=N/C(=C\Cc1ccc2ccccc2c1)c1ccc2ccccc2c1. The van der Waals surface area contributed by atoms with Crippen molar-refractivity contribution in [2.45, 2.75) is 40.0 Å². The Balaban J connectivity index is 0.000000189. The summed E-state index contributed by atoms with van der Waals surface area (Å²) < 4.78 is 6.28. The van der Waals surface area contributed by atoms with E-state index in [4.69, 9.17) is 10.3 Å². The second-order valence-electron chi connectivity index (χ2n) is 12.2. The van der Waals surface area contributed by atoms with Gasteiger partial charge in [0.05, 0.1) is 5.70 Å².